The van der Waals surface area contributed by atoms with Gasteiger partial charge in [0.25, 0.3) is 0 Å². The van der Waals surface area contributed by atoms with E-state index in [1.54, 1.807) is 0 Å². The molecule has 0 aromatic heterocycles. The van der Waals surface area contributed by atoms with E-state index in [1.807, 2.05) is 13.8 Å². The molecule has 0 aromatic carbocycles. The van der Waals surface area contributed by atoms with Crippen LogP contribution >= 0.6 is 0 Å². The van der Waals surface area contributed by atoms with E-state index in [0.29, 0.717) is 5.92 Å². The molecular weight excluding hydrogens is 162 g/mol. The van der Waals surface area contributed by atoms with E-state index in [2.05, 4.69) is 6.58 Å². The molecule has 2 nitrogen and oxygen atoms in total. The van der Waals surface area contributed by atoms with Crippen LogP contribution in [0.4, 0.5) is 0 Å². The molecule has 1 fully saturated rings. The van der Waals surface area contributed by atoms with Crippen molar-refractivity contribution in [2.75, 3.05) is 6.61 Å². The Morgan fingerprint density at radius 3 is 2.62 bits per heavy atom. The predicted octanol–water partition coefficient (Wildman–Crippen LogP) is 2.09. The molecule has 2 unspecified atom stereocenters. The summed E-state index contributed by atoms with van der Waals surface area (Å²) in [6.45, 7) is 8.70. The summed E-state index contributed by atoms with van der Waals surface area (Å²) in [4.78, 5) is 0. The predicted molar refractivity (Wildman–Crippen MR) is 55.5 cm³/mol. The quantitative estimate of drug-likeness (QED) is 0.640. The second-order valence-corrected chi connectivity index (χ2v) is 4.08. The van der Waals surface area contributed by atoms with E-state index in [-0.39, 0.29) is 12.1 Å². The van der Waals surface area contributed by atoms with Crippen molar-refractivity contribution >= 4 is 0 Å². The Morgan fingerprint density at radius 1 is 1.62 bits per heavy atom. The minimum absolute atomic E-state index is 0.143. The molecule has 0 heterocycles. The zero-order chi connectivity index (χ0) is 9.84. The first-order valence-corrected chi connectivity index (χ1v) is 5.16. The molecule has 1 rings (SSSR count). The van der Waals surface area contributed by atoms with Gasteiger partial charge >= 0.3 is 0 Å². The normalized spacial score (nSPS) is 21.2. The van der Waals surface area contributed by atoms with Crippen molar-refractivity contribution in [1.82, 2.24) is 0 Å². The summed E-state index contributed by atoms with van der Waals surface area (Å²) in [5, 5.41) is 0. The number of nitrogens with two attached hydrogens (primary N) is 1. The first-order chi connectivity index (χ1) is 6.15. The highest BCUT2D eigenvalue weighted by Crippen LogP contribution is 2.36. The lowest BCUT2D eigenvalue weighted by Crippen LogP contribution is -2.38. The SMILES string of the molecule is C=C(C)CC(N)C(OCC)C1CC1. The summed E-state index contributed by atoms with van der Waals surface area (Å²) in [5.41, 5.74) is 7.21. The zero-order valence-electron chi connectivity index (χ0n) is 8.75. The molecule has 1 saturated carbocycles. The van der Waals surface area contributed by atoms with Gasteiger partial charge in [-0.05, 0) is 39.0 Å². The molecule has 0 aromatic rings. The maximum atomic E-state index is 6.06. The Bertz CT molecular complexity index is 175. The molecule has 0 aliphatic heterocycles. The second kappa shape index (κ2) is 4.77. The molecule has 2 N–H and O–H groups in total. The van der Waals surface area contributed by atoms with Crippen molar-refractivity contribution in [3.63, 3.8) is 0 Å². The largest absolute Gasteiger partial charge is 0.377 e. The smallest absolute Gasteiger partial charge is 0.0756 e. The summed E-state index contributed by atoms with van der Waals surface area (Å²) < 4.78 is 5.66. The first kappa shape index (κ1) is 10.7. The van der Waals surface area contributed by atoms with Crippen LogP contribution in [-0.2, 0) is 4.74 Å². The van der Waals surface area contributed by atoms with Gasteiger partial charge in [-0.15, -0.1) is 6.58 Å². The Labute approximate surface area is 81.1 Å². The van der Waals surface area contributed by atoms with Crippen molar-refractivity contribution in [3.05, 3.63) is 12.2 Å². The highest BCUT2D eigenvalue weighted by atomic mass is 16.5. The molecule has 2 heteroatoms. The zero-order valence-corrected chi connectivity index (χ0v) is 8.75. The Balaban J connectivity index is 2.37. The van der Waals surface area contributed by atoms with Gasteiger partial charge in [-0.25, -0.2) is 0 Å². The number of ether oxygens (including phenoxy) is 1. The van der Waals surface area contributed by atoms with E-state index in [1.165, 1.54) is 12.8 Å². The molecule has 1 aliphatic carbocycles. The summed E-state index contributed by atoms with van der Waals surface area (Å²) in [6.07, 6.45) is 3.73. The van der Waals surface area contributed by atoms with Crippen LogP contribution in [0.5, 0.6) is 0 Å². The molecule has 2 atom stereocenters. The lowest BCUT2D eigenvalue weighted by Gasteiger charge is -2.23. The fraction of sp³-hybridized carbons (Fsp3) is 0.818. The van der Waals surface area contributed by atoms with Crippen LogP contribution in [0.1, 0.15) is 33.1 Å². The van der Waals surface area contributed by atoms with Crippen molar-refractivity contribution in [1.29, 1.82) is 0 Å². The first-order valence-electron chi connectivity index (χ1n) is 5.16. The second-order valence-electron chi connectivity index (χ2n) is 4.08. The van der Waals surface area contributed by atoms with E-state index >= 15 is 0 Å². The van der Waals surface area contributed by atoms with Crippen LogP contribution in [0.25, 0.3) is 0 Å². The third-order valence-corrected chi connectivity index (χ3v) is 2.45. The van der Waals surface area contributed by atoms with Crippen molar-refractivity contribution in [2.45, 2.75) is 45.3 Å². The van der Waals surface area contributed by atoms with E-state index in [0.717, 1.165) is 18.6 Å². The summed E-state index contributed by atoms with van der Waals surface area (Å²) in [7, 11) is 0. The van der Waals surface area contributed by atoms with Gasteiger partial charge in [-0.1, -0.05) is 5.57 Å². The lowest BCUT2D eigenvalue weighted by molar-refractivity contribution is 0.0288. The fourth-order valence-electron chi connectivity index (χ4n) is 1.74. The average molecular weight is 183 g/mol. The summed E-state index contributed by atoms with van der Waals surface area (Å²) in [6, 6.07) is 0.143. The summed E-state index contributed by atoms with van der Waals surface area (Å²) in [5.74, 6) is 0.717. The fourth-order valence-corrected chi connectivity index (χ4v) is 1.74. The maximum Gasteiger partial charge on any atom is 0.0756 e. The molecule has 0 amide bonds. The third-order valence-electron chi connectivity index (χ3n) is 2.45. The van der Waals surface area contributed by atoms with Crippen molar-refractivity contribution in [2.24, 2.45) is 11.7 Å². The number of rotatable bonds is 6. The van der Waals surface area contributed by atoms with Crippen molar-refractivity contribution in [3.8, 4) is 0 Å². The number of hydrogen-bond acceptors (Lipinski definition) is 2. The Morgan fingerprint density at radius 2 is 2.23 bits per heavy atom. The van der Waals surface area contributed by atoms with Crippen LogP contribution in [0.15, 0.2) is 12.2 Å². The summed E-state index contributed by atoms with van der Waals surface area (Å²) >= 11 is 0. The molecule has 0 saturated heterocycles. The third kappa shape index (κ3) is 3.49. The highest BCUT2D eigenvalue weighted by Gasteiger charge is 2.35. The minimum Gasteiger partial charge on any atom is -0.377 e. The van der Waals surface area contributed by atoms with Gasteiger partial charge in [0.2, 0.25) is 0 Å². The highest BCUT2D eigenvalue weighted by molar-refractivity contribution is 4.98. The van der Waals surface area contributed by atoms with Gasteiger partial charge in [-0.2, -0.15) is 0 Å². The maximum absolute atomic E-state index is 6.06. The number of hydrogen-bond donors (Lipinski definition) is 1. The van der Waals surface area contributed by atoms with Crippen LogP contribution in [0, 0.1) is 5.92 Å². The topological polar surface area (TPSA) is 35.2 Å². The van der Waals surface area contributed by atoms with Gasteiger partial charge in [0, 0.05) is 12.6 Å². The lowest BCUT2D eigenvalue weighted by atomic mass is 10.0. The average Bonchev–Trinajstić information content (AvgIpc) is 2.81. The van der Waals surface area contributed by atoms with Crippen LogP contribution in [-0.4, -0.2) is 18.8 Å². The molecule has 1 aliphatic rings. The van der Waals surface area contributed by atoms with E-state index in [9.17, 15) is 0 Å². The molecule has 0 bridgehead atoms. The van der Waals surface area contributed by atoms with E-state index < -0.39 is 0 Å². The van der Waals surface area contributed by atoms with Gasteiger partial charge in [0.1, 0.15) is 0 Å². The van der Waals surface area contributed by atoms with Gasteiger partial charge in [0.15, 0.2) is 0 Å². The minimum atomic E-state index is 0.143. The molecule has 0 radical (unpaired) electrons. The van der Waals surface area contributed by atoms with E-state index in [4.69, 9.17) is 10.5 Å². The van der Waals surface area contributed by atoms with Crippen LogP contribution in [0.2, 0.25) is 0 Å². The van der Waals surface area contributed by atoms with Gasteiger partial charge in [-0.3, -0.25) is 0 Å². The Hall–Kier alpha value is -0.340. The standard InChI is InChI=1S/C11H21NO/c1-4-13-11(9-5-6-9)10(12)7-8(2)3/h9-11H,2,4-7,12H2,1,3H3. The Kier molecular flexibility index (Phi) is 3.94. The van der Waals surface area contributed by atoms with Gasteiger partial charge < -0.3 is 10.5 Å². The molecule has 0 spiro atoms. The molecule has 13 heavy (non-hydrogen) atoms. The monoisotopic (exact) mass is 183 g/mol. The van der Waals surface area contributed by atoms with Crippen LogP contribution in [0.3, 0.4) is 0 Å². The molecular formula is C11H21NO. The van der Waals surface area contributed by atoms with Crippen molar-refractivity contribution < 1.29 is 4.74 Å². The molecule has 76 valence electrons. The van der Waals surface area contributed by atoms with Crippen LogP contribution < -0.4 is 5.73 Å². The van der Waals surface area contributed by atoms with Gasteiger partial charge in [0.05, 0.1) is 6.10 Å².